The van der Waals surface area contributed by atoms with Crippen LogP contribution in [0.25, 0.3) is 5.57 Å². The molecule has 0 nitrogen and oxygen atoms in total. The van der Waals surface area contributed by atoms with Gasteiger partial charge in [0.25, 0.3) is 0 Å². The maximum atomic E-state index is 4.26. The van der Waals surface area contributed by atoms with E-state index in [1.807, 2.05) is 0 Å². The minimum atomic E-state index is 1.18. The van der Waals surface area contributed by atoms with E-state index < -0.39 is 0 Å². The predicted octanol–water partition coefficient (Wildman–Crippen LogP) is 5.54. The maximum Gasteiger partial charge on any atom is -0.00730 e. The van der Waals surface area contributed by atoms with Gasteiger partial charge in [0.1, 0.15) is 0 Å². The van der Waals surface area contributed by atoms with Crippen LogP contribution in [0.5, 0.6) is 0 Å². The van der Waals surface area contributed by atoms with Gasteiger partial charge < -0.3 is 0 Å². The first-order valence-electron chi connectivity index (χ1n) is 6.82. The molecule has 0 unspecified atom stereocenters. The lowest BCUT2D eigenvalue weighted by Crippen LogP contribution is -2.12. The van der Waals surface area contributed by atoms with Crippen molar-refractivity contribution in [2.75, 3.05) is 0 Å². The molecular formula is C18H22. The van der Waals surface area contributed by atoms with E-state index in [9.17, 15) is 0 Å². The number of rotatable bonds is 4. The lowest BCUT2D eigenvalue weighted by atomic mass is 9.72. The van der Waals surface area contributed by atoms with Crippen LogP contribution in [0.4, 0.5) is 0 Å². The first-order valence-corrected chi connectivity index (χ1v) is 6.82. The van der Waals surface area contributed by atoms with Gasteiger partial charge in [0.15, 0.2) is 0 Å². The average Bonchev–Trinajstić information content (AvgIpc) is 2.35. The van der Waals surface area contributed by atoms with Crippen molar-refractivity contribution in [2.45, 2.75) is 40.0 Å². The van der Waals surface area contributed by atoms with Crippen LogP contribution in [0.2, 0.25) is 0 Å². The van der Waals surface area contributed by atoms with E-state index in [0.29, 0.717) is 0 Å². The van der Waals surface area contributed by atoms with Gasteiger partial charge in [0, 0.05) is 0 Å². The monoisotopic (exact) mass is 238 g/mol. The first kappa shape index (κ1) is 12.9. The van der Waals surface area contributed by atoms with E-state index in [2.05, 4.69) is 57.7 Å². The molecule has 0 fully saturated rings. The molecule has 18 heavy (non-hydrogen) atoms. The zero-order valence-electron chi connectivity index (χ0n) is 11.7. The van der Waals surface area contributed by atoms with Crippen LogP contribution < -0.4 is 0 Å². The van der Waals surface area contributed by atoms with Crippen molar-refractivity contribution < 1.29 is 0 Å². The van der Waals surface area contributed by atoms with Crippen molar-refractivity contribution in [3.8, 4) is 0 Å². The van der Waals surface area contributed by atoms with Gasteiger partial charge in [-0.25, -0.2) is 0 Å². The van der Waals surface area contributed by atoms with E-state index in [1.165, 1.54) is 52.7 Å². The third-order valence-electron chi connectivity index (χ3n) is 3.55. The van der Waals surface area contributed by atoms with E-state index in [1.54, 1.807) is 0 Å². The molecule has 1 aromatic rings. The predicted molar refractivity (Wildman–Crippen MR) is 80.4 cm³/mol. The third kappa shape index (κ3) is 2.20. The fourth-order valence-corrected chi connectivity index (χ4v) is 2.71. The van der Waals surface area contributed by atoms with Crippen LogP contribution in [0.3, 0.4) is 0 Å². The summed E-state index contributed by atoms with van der Waals surface area (Å²) in [7, 11) is 0. The Morgan fingerprint density at radius 3 is 2.33 bits per heavy atom. The Bertz CT molecular complexity index is 508. The van der Waals surface area contributed by atoms with Gasteiger partial charge in [0.05, 0.1) is 0 Å². The molecule has 0 saturated carbocycles. The van der Waals surface area contributed by atoms with E-state index in [4.69, 9.17) is 0 Å². The first-order chi connectivity index (χ1) is 8.66. The zero-order chi connectivity index (χ0) is 13.1. The average molecular weight is 238 g/mol. The van der Waals surface area contributed by atoms with Crippen molar-refractivity contribution in [2.24, 2.45) is 0 Å². The van der Waals surface area contributed by atoms with Crippen LogP contribution in [0.1, 0.15) is 45.6 Å². The maximum absolute atomic E-state index is 4.26. The van der Waals surface area contributed by atoms with Gasteiger partial charge >= 0.3 is 0 Å². The Balaban J connectivity index is 2.45. The fraction of sp³-hybridized carbons (Fsp3) is 0.333. The topological polar surface area (TPSA) is 0 Å². The molecule has 0 spiro atoms. The highest BCUT2D eigenvalue weighted by Gasteiger charge is 2.28. The largest absolute Gasteiger partial charge is 0.0905 e. The van der Waals surface area contributed by atoms with Crippen LogP contribution in [-0.2, 0) is 0 Å². The van der Waals surface area contributed by atoms with E-state index in [-0.39, 0.29) is 0 Å². The Morgan fingerprint density at radius 1 is 1.11 bits per heavy atom. The van der Waals surface area contributed by atoms with E-state index in [0.717, 1.165) is 0 Å². The number of unbranched alkanes of at least 4 members (excludes halogenated alkanes) is 1. The second-order valence-corrected chi connectivity index (χ2v) is 5.18. The van der Waals surface area contributed by atoms with Crippen LogP contribution in [-0.4, -0.2) is 0 Å². The molecule has 0 atom stereocenters. The number of benzene rings is 1. The summed E-state index contributed by atoms with van der Waals surface area (Å²) in [5, 5.41) is 0. The van der Waals surface area contributed by atoms with Crippen LogP contribution in [0.15, 0.2) is 59.2 Å². The van der Waals surface area contributed by atoms with Gasteiger partial charge in [-0.15, -0.1) is 0 Å². The van der Waals surface area contributed by atoms with Crippen molar-refractivity contribution in [1.29, 1.82) is 0 Å². The highest BCUT2D eigenvalue weighted by atomic mass is 14.3. The lowest BCUT2D eigenvalue weighted by Gasteiger charge is -2.32. The van der Waals surface area contributed by atoms with Crippen LogP contribution in [0, 0.1) is 0 Å². The van der Waals surface area contributed by atoms with Gasteiger partial charge in [0.2, 0.25) is 0 Å². The normalized spacial score (nSPS) is 14.8. The Labute approximate surface area is 111 Å². The summed E-state index contributed by atoms with van der Waals surface area (Å²) in [6.45, 7) is 10.9. The zero-order valence-corrected chi connectivity index (χ0v) is 11.7. The van der Waals surface area contributed by atoms with Crippen molar-refractivity contribution in [1.82, 2.24) is 0 Å². The Morgan fingerprint density at radius 2 is 1.78 bits per heavy atom. The Kier molecular flexibility index (Phi) is 3.86. The summed E-state index contributed by atoms with van der Waals surface area (Å²) < 4.78 is 0. The molecule has 0 aliphatic heterocycles. The smallest absolute Gasteiger partial charge is 0.00730 e. The third-order valence-corrected chi connectivity index (χ3v) is 3.55. The number of allylic oxidation sites excluding steroid dienone is 5. The van der Waals surface area contributed by atoms with Gasteiger partial charge in [-0.2, -0.15) is 0 Å². The summed E-state index contributed by atoms with van der Waals surface area (Å²) in [5.41, 5.74) is 8.27. The van der Waals surface area contributed by atoms with Gasteiger partial charge in [-0.1, -0.05) is 55.8 Å². The second-order valence-electron chi connectivity index (χ2n) is 5.18. The van der Waals surface area contributed by atoms with E-state index >= 15 is 0 Å². The standard InChI is InChI=1S/C18H22/c1-5-6-12-16-17(13(2)3)14(4)18(16)15-10-8-7-9-11-15/h7-11H,4-6,12H2,1-3H3. The number of hydrogen-bond acceptors (Lipinski definition) is 0. The van der Waals surface area contributed by atoms with Gasteiger partial charge in [-0.05, 0) is 54.5 Å². The summed E-state index contributed by atoms with van der Waals surface area (Å²) in [6.07, 6.45) is 3.68. The molecule has 1 aliphatic carbocycles. The van der Waals surface area contributed by atoms with Crippen molar-refractivity contribution in [3.05, 3.63) is 64.8 Å². The SMILES string of the molecule is C=C1C(=C(C)C)C(CCCC)=C1c1ccccc1. The summed E-state index contributed by atoms with van der Waals surface area (Å²) >= 11 is 0. The van der Waals surface area contributed by atoms with Gasteiger partial charge in [-0.3, -0.25) is 0 Å². The highest BCUT2D eigenvalue weighted by Crippen LogP contribution is 2.48. The molecule has 0 N–H and O–H groups in total. The quantitative estimate of drug-likeness (QED) is 0.646. The minimum absolute atomic E-state index is 1.18. The lowest BCUT2D eigenvalue weighted by molar-refractivity contribution is 0.786. The summed E-state index contributed by atoms with van der Waals surface area (Å²) in [6, 6.07) is 10.7. The molecule has 2 rings (SSSR count). The van der Waals surface area contributed by atoms with Crippen molar-refractivity contribution >= 4 is 5.57 Å². The summed E-state index contributed by atoms with van der Waals surface area (Å²) in [4.78, 5) is 0. The molecule has 0 radical (unpaired) electrons. The summed E-state index contributed by atoms with van der Waals surface area (Å²) in [5.74, 6) is 0. The molecule has 1 aromatic carbocycles. The molecule has 0 amide bonds. The Hall–Kier alpha value is -1.56. The molecule has 0 heterocycles. The molecule has 0 heteroatoms. The molecule has 1 aliphatic rings. The molecular weight excluding hydrogens is 216 g/mol. The molecule has 94 valence electrons. The second kappa shape index (κ2) is 5.39. The fourth-order valence-electron chi connectivity index (χ4n) is 2.71. The minimum Gasteiger partial charge on any atom is -0.0905 e. The molecule has 0 saturated heterocycles. The molecule has 0 bridgehead atoms. The van der Waals surface area contributed by atoms with Crippen molar-refractivity contribution in [3.63, 3.8) is 0 Å². The van der Waals surface area contributed by atoms with Crippen LogP contribution >= 0.6 is 0 Å². The molecule has 0 aromatic heterocycles. The number of hydrogen-bond donors (Lipinski definition) is 0. The highest BCUT2D eigenvalue weighted by molar-refractivity contribution is 5.98.